The van der Waals surface area contributed by atoms with E-state index in [0.29, 0.717) is 10.8 Å². The maximum atomic E-state index is 12.0. The van der Waals surface area contributed by atoms with Crippen molar-refractivity contribution in [2.45, 2.75) is 13.3 Å². The van der Waals surface area contributed by atoms with Gasteiger partial charge in [0.25, 0.3) is 0 Å². The van der Waals surface area contributed by atoms with Crippen LogP contribution in [0.2, 0.25) is 0 Å². The van der Waals surface area contributed by atoms with Crippen LogP contribution in [0.15, 0.2) is 28.7 Å². The molecule has 7 nitrogen and oxygen atoms in total. The number of Topliss-reactive ketones (excluding diaryl/α,β-unsaturated/α-hetero) is 1. The number of hydrogen-bond donors (Lipinski definition) is 0. The minimum absolute atomic E-state index is 0.268. The van der Waals surface area contributed by atoms with Gasteiger partial charge in [0, 0.05) is 17.0 Å². The Balaban J connectivity index is 1.63. The number of esters is 1. The van der Waals surface area contributed by atoms with Crippen LogP contribution < -0.4 is 0 Å². The number of nitrogens with zero attached hydrogens (tertiary/aromatic N) is 4. The number of rotatable bonds is 6. The van der Waals surface area contributed by atoms with Gasteiger partial charge in [0.1, 0.15) is 5.69 Å². The summed E-state index contributed by atoms with van der Waals surface area (Å²) in [6.45, 7) is 1.68. The number of aromatic nitrogens is 4. The van der Waals surface area contributed by atoms with Crippen molar-refractivity contribution in [1.82, 2.24) is 19.7 Å². The zero-order valence-electron chi connectivity index (χ0n) is 12.1. The highest BCUT2D eigenvalue weighted by Crippen LogP contribution is 2.15. The first-order chi connectivity index (χ1) is 11.2. The lowest BCUT2D eigenvalue weighted by molar-refractivity contribution is 0.0473. The van der Waals surface area contributed by atoms with E-state index in [1.807, 2.05) is 12.3 Å². The van der Waals surface area contributed by atoms with Gasteiger partial charge in [-0.15, -0.1) is 22.7 Å². The Labute approximate surface area is 139 Å². The van der Waals surface area contributed by atoms with Gasteiger partial charge in [-0.05, 0) is 6.42 Å². The van der Waals surface area contributed by atoms with E-state index in [2.05, 4.69) is 15.1 Å². The first-order valence-electron chi connectivity index (χ1n) is 6.75. The zero-order valence-corrected chi connectivity index (χ0v) is 13.8. The van der Waals surface area contributed by atoms with Gasteiger partial charge in [-0.2, -0.15) is 5.10 Å². The molecule has 0 unspecified atom stereocenters. The molecule has 0 fully saturated rings. The average molecular weight is 348 g/mol. The van der Waals surface area contributed by atoms with Crippen LogP contribution in [0.25, 0.3) is 5.13 Å². The van der Waals surface area contributed by atoms with Crippen molar-refractivity contribution in [3.63, 3.8) is 0 Å². The van der Waals surface area contributed by atoms with Crippen LogP contribution in [0.1, 0.15) is 33.5 Å². The van der Waals surface area contributed by atoms with Crippen molar-refractivity contribution in [3.05, 3.63) is 45.6 Å². The standard InChI is InChI=1S/C14H12N4O3S2/c1-2-10-6-23-14(17-10)18-4-9(3-16-18)13(20)21-5-12(19)11-7-22-8-15-11/h3-4,6-8H,2,5H2,1H3. The fourth-order valence-corrected chi connectivity index (χ4v) is 3.13. The Morgan fingerprint density at radius 3 is 2.91 bits per heavy atom. The minimum atomic E-state index is -0.605. The Hall–Kier alpha value is -2.39. The Kier molecular flexibility index (Phi) is 4.58. The molecule has 3 aromatic heterocycles. The van der Waals surface area contributed by atoms with Crippen LogP contribution in [-0.4, -0.2) is 38.1 Å². The second kappa shape index (κ2) is 6.80. The number of carbonyl (C=O) groups excluding carboxylic acids is 2. The number of aryl methyl sites for hydroxylation is 1. The van der Waals surface area contributed by atoms with Crippen LogP contribution in [0, 0.1) is 0 Å². The van der Waals surface area contributed by atoms with Gasteiger partial charge in [0.2, 0.25) is 10.9 Å². The van der Waals surface area contributed by atoms with E-state index in [9.17, 15) is 9.59 Å². The lowest BCUT2D eigenvalue weighted by Gasteiger charge is -2.00. The fourth-order valence-electron chi connectivity index (χ4n) is 1.74. The molecular weight excluding hydrogens is 336 g/mol. The van der Waals surface area contributed by atoms with Crippen molar-refractivity contribution in [3.8, 4) is 5.13 Å². The summed E-state index contributed by atoms with van der Waals surface area (Å²) in [6, 6.07) is 0. The topological polar surface area (TPSA) is 87.0 Å². The van der Waals surface area contributed by atoms with E-state index in [1.54, 1.807) is 10.9 Å². The molecule has 3 heterocycles. The quantitative estimate of drug-likeness (QED) is 0.502. The predicted octanol–water partition coefficient (Wildman–Crippen LogP) is 2.39. The molecule has 0 spiro atoms. The average Bonchev–Trinajstić information content (AvgIpc) is 3.32. The Morgan fingerprint density at radius 2 is 2.22 bits per heavy atom. The maximum absolute atomic E-state index is 12.0. The molecule has 23 heavy (non-hydrogen) atoms. The normalized spacial score (nSPS) is 10.7. The predicted molar refractivity (Wildman–Crippen MR) is 85.3 cm³/mol. The molecule has 0 aliphatic carbocycles. The smallest absolute Gasteiger partial charge is 0.341 e. The summed E-state index contributed by atoms with van der Waals surface area (Å²) in [7, 11) is 0. The van der Waals surface area contributed by atoms with Crippen molar-refractivity contribution in [1.29, 1.82) is 0 Å². The molecule has 3 rings (SSSR count). The van der Waals surface area contributed by atoms with Gasteiger partial charge in [0.15, 0.2) is 6.61 Å². The second-order valence-corrected chi connectivity index (χ2v) is 6.08. The Morgan fingerprint density at radius 1 is 1.35 bits per heavy atom. The molecule has 9 heteroatoms. The van der Waals surface area contributed by atoms with Gasteiger partial charge in [-0.1, -0.05) is 6.92 Å². The maximum Gasteiger partial charge on any atom is 0.341 e. The van der Waals surface area contributed by atoms with E-state index >= 15 is 0 Å². The number of thiazole rings is 2. The van der Waals surface area contributed by atoms with Gasteiger partial charge >= 0.3 is 5.97 Å². The summed E-state index contributed by atoms with van der Waals surface area (Å²) in [5.74, 6) is -0.938. The third kappa shape index (κ3) is 3.51. The van der Waals surface area contributed by atoms with Gasteiger partial charge in [-0.25, -0.2) is 19.4 Å². The highest BCUT2D eigenvalue weighted by molar-refractivity contribution is 7.12. The summed E-state index contributed by atoms with van der Waals surface area (Å²) in [5.41, 5.74) is 3.09. The lowest BCUT2D eigenvalue weighted by atomic mass is 10.3. The number of ether oxygens (including phenoxy) is 1. The lowest BCUT2D eigenvalue weighted by Crippen LogP contribution is -2.14. The van der Waals surface area contributed by atoms with Gasteiger partial charge in [0.05, 0.1) is 23.0 Å². The summed E-state index contributed by atoms with van der Waals surface area (Å²) >= 11 is 2.76. The minimum Gasteiger partial charge on any atom is -0.454 e. The van der Waals surface area contributed by atoms with E-state index in [0.717, 1.165) is 12.1 Å². The number of carbonyl (C=O) groups is 2. The van der Waals surface area contributed by atoms with E-state index in [4.69, 9.17) is 4.74 Å². The van der Waals surface area contributed by atoms with E-state index in [1.165, 1.54) is 39.7 Å². The van der Waals surface area contributed by atoms with Crippen molar-refractivity contribution < 1.29 is 14.3 Å². The van der Waals surface area contributed by atoms with Crippen molar-refractivity contribution >= 4 is 34.4 Å². The molecule has 0 atom stereocenters. The van der Waals surface area contributed by atoms with Crippen molar-refractivity contribution in [2.75, 3.05) is 6.61 Å². The van der Waals surface area contributed by atoms with Crippen LogP contribution >= 0.6 is 22.7 Å². The molecule has 0 aliphatic heterocycles. The molecular formula is C14H12N4O3S2. The second-order valence-electron chi connectivity index (χ2n) is 4.52. The molecule has 3 aromatic rings. The van der Waals surface area contributed by atoms with Crippen LogP contribution in [0.4, 0.5) is 0 Å². The highest BCUT2D eigenvalue weighted by Gasteiger charge is 2.15. The van der Waals surface area contributed by atoms with Crippen LogP contribution in [-0.2, 0) is 11.2 Å². The summed E-state index contributed by atoms with van der Waals surface area (Å²) in [6.07, 6.45) is 3.77. The largest absolute Gasteiger partial charge is 0.454 e. The molecule has 0 radical (unpaired) electrons. The van der Waals surface area contributed by atoms with Crippen molar-refractivity contribution in [2.24, 2.45) is 0 Å². The molecule has 0 aromatic carbocycles. The van der Waals surface area contributed by atoms with Crippen LogP contribution in [0.5, 0.6) is 0 Å². The first kappa shape index (κ1) is 15.5. The molecule has 0 bridgehead atoms. The molecule has 0 aliphatic rings. The molecule has 0 saturated carbocycles. The first-order valence-corrected chi connectivity index (χ1v) is 8.57. The van der Waals surface area contributed by atoms with Gasteiger partial charge in [-0.3, -0.25) is 4.79 Å². The zero-order chi connectivity index (χ0) is 16.2. The molecule has 0 saturated heterocycles. The monoisotopic (exact) mass is 348 g/mol. The molecule has 118 valence electrons. The number of hydrogen-bond acceptors (Lipinski definition) is 8. The summed E-state index contributed by atoms with van der Waals surface area (Å²) in [5, 5.41) is 8.34. The van der Waals surface area contributed by atoms with Crippen LogP contribution in [0.3, 0.4) is 0 Å². The number of ketones is 1. The SMILES string of the molecule is CCc1csc(-n2cc(C(=O)OCC(=O)c3cscn3)cn2)n1. The third-order valence-electron chi connectivity index (χ3n) is 2.97. The molecule has 0 N–H and O–H groups in total. The molecule has 0 amide bonds. The van der Waals surface area contributed by atoms with E-state index < -0.39 is 5.97 Å². The third-order valence-corrected chi connectivity index (χ3v) is 4.43. The highest BCUT2D eigenvalue weighted by atomic mass is 32.1. The summed E-state index contributed by atoms with van der Waals surface area (Å²) in [4.78, 5) is 32.0. The summed E-state index contributed by atoms with van der Waals surface area (Å²) < 4.78 is 6.51. The van der Waals surface area contributed by atoms with E-state index in [-0.39, 0.29) is 18.0 Å². The van der Waals surface area contributed by atoms with Gasteiger partial charge < -0.3 is 4.74 Å². The Bertz CT molecular complexity index is 823. The fraction of sp³-hybridized carbons (Fsp3) is 0.214.